The average Bonchev–Trinajstić information content (AvgIpc) is 2.79. The van der Waals surface area contributed by atoms with Crippen molar-refractivity contribution < 1.29 is 24.2 Å². The zero-order valence-electron chi connectivity index (χ0n) is 11.8. The number of anilines is 1. The monoisotopic (exact) mass is 292 g/mol. The minimum atomic E-state index is -1.16. The van der Waals surface area contributed by atoms with E-state index in [9.17, 15) is 19.5 Å². The largest absolute Gasteiger partial charge is 0.497 e. The molecule has 2 amide bonds. The Kier molecular flexibility index (Phi) is 4.11. The van der Waals surface area contributed by atoms with Crippen LogP contribution in [0, 0.1) is 5.92 Å². The van der Waals surface area contributed by atoms with Gasteiger partial charge in [0.1, 0.15) is 5.75 Å². The summed E-state index contributed by atoms with van der Waals surface area (Å²) in [5.41, 5.74) is 0.135. The van der Waals surface area contributed by atoms with Crippen LogP contribution in [-0.4, -0.2) is 48.5 Å². The lowest BCUT2D eigenvalue weighted by molar-refractivity contribution is -0.127. The second kappa shape index (κ2) is 5.82. The fourth-order valence-corrected chi connectivity index (χ4v) is 2.21. The molecule has 112 valence electrons. The van der Waals surface area contributed by atoms with E-state index in [0.717, 1.165) is 0 Å². The molecule has 1 aromatic carbocycles. The Labute approximate surface area is 121 Å². The summed E-state index contributed by atoms with van der Waals surface area (Å²) < 4.78 is 4.97. The van der Waals surface area contributed by atoms with Crippen LogP contribution in [0.1, 0.15) is 16.8 Å². The van der Waals surface area contributed by atoms with Gasteiger partial charge in [0.15, 0.2) is 0 Å². The summed E-state index contributed by atoms with van der Waals surface area (Å²) >= 11 is 0. The molecule has 2 rings (SSSR count). The number of likely N-dealkylation sites (tertiary alicyclic amines) is 1. The number of hydrogen-bond donors (Lipinski definition) is 2. The highest BCUT2D eigenvalue weighted by molar-refractivity contribution is 6.03. The summed E-state index contributed by atoms with van der Waals surface area (Å²) in [7, 11) is 3.06. The minimum Gasteiger partial charge on any atom is -0.497 e. The number of carboxylic acids is 1. The number of methoxy groups -OCH3 is 1. The van der Waals surface area contributed by atoms with Crippen LogP contribution in [0.4, 0.5) is 5.69 Å². The van der Waals surface area contributed by atoms with Crippen LogP contribution < -0.4 is 10.1 Å². The second-order valence-corrected chi connectivity index (χ2v) is 4.88. The van der Waals surface area contributed by atoms with Crippen molar-refractivity contribution in [2.75, 3.05) is 26.0 Å². The van der Waals surface area contributed by atoms with Crippen molar-refractivity contribution in [3.63, 3.8) is 0 Å². The maximum atomic E-state index is 12.1. The van der Waals surface area contributed by atoms with Gasteiger partial charge in [-0.2, -0.15) is 0 Å². The third-order valence-corrected chi connectivity index (χ3v) is 3.43. The molecule has 1 saturated heterocycles. The molecule has 21 heavy (non-hydrogen) atoms. The number of ether oxygens (including phenoxy) is 1. The number of hydrogen-bond acceptors (Lipinski definition) is 4. The molecule has 0 aromatic heterocycles. The summed E-state index contributed by atoms with van der Waals surface area (Å²) in [4.78, 5) is 36.3. The van der Waals surface area contributed by atoms with E-state index in [4.69, 9.17) is 4.74 Å². The maximum Gasteiger partial charge on any atom is 0.337 e. The summed E-state index contributed by atoms with van der Waals surface area (Å²) in [6.45, 7) is 0.337. The molecule has 1 aliphatic heterocycles. The number of carbonyl (C=O) groups is 3. The fourth-order valence-electron chi connectivity index (χ4n) is 2.21. The van der Waals surface area contributed by atoms with Crippen molar-refractivity contribution in [2.24, 2.45) is 5.92 Å². The Morgan fingerprint density at radius 3 is 2.67 bits per heavy atom. The van der Waals surface area contributed by atoms with Gasteiger partial charge in [-0.15, -0.1) is 0 Å². The normalized spacial score (nSPS) is 17.7. The molecule has 1 atom stereocenters. The zero-order valence-corrected chi connectivity index (χ0v) is 11.8. The van der Waals surface area contributed by atoms with E-state index in [0.29, 0.717) is 12.3 Å². The van der Waals surface area contributed by atoms with Gasteiger partial charge in [-0.05, 0) is 18.2 Å². The van der Waals surface area contributed by atoms with Gasteiger partial charge in [-0.1, -0.05) is 0 Å². The molecule has 1 aliphatic rings. The Hall–Kier alpha value is -2.57. The Bertz CT molecular complexity index is 599. The summed E-state index contributed by atoms with van der Waals surface area (Å²) in [6, 6.07) is 4.37. The molecule has 7 nitrogen and oxygen atoms in total. The van der Waals surface area contributed by atoms with Crippen molar-refractivity contribution in [1.82, 2.24) is 4.90 Å². The van der Waals surface area contributed by atoms with Crippen LogP contribution in [0.3, 0.4) is 0 Å². The molecule has 1 unspecified atom stereocenters. The first kappa shape index (κ1) is 14.8. The molecule has 7 heteroatoms. The standard InChI is InChI=1S/C14H16N2O5/c1-16-7-8(5-12(16)17)13(18)15-11-4-3-9(21-2)6-10(11)14(19)20/h3-4,6,8H,5,7H2,1-2H3,(H,15,18)(H,19,20). The van der Waals surface area contributed by atoms with Gasteiger partial charge in [0.05, 0.1) is 24.3 Å². The van der Waals surface area contributed by atoms with E-state index in [1.165, 1.54) is 24.1 Å². The lowest BCUT2D eigenvalue weighted by Crippen LogP contribution is -2.26. The molecule has 0 radical (unpaired) electrons. The van der Waals surface area contributed by atoms with E-state index in [1.54, 1.807) is 13.1 Å². The first-order valence-corrected chi connectivity index (χ1v) is 6.38. The van der Waals surface area contributed by atoms with Gasteiger partial charge in [0.2, 0.25) is 11.8 Å². The van der Waals surface area contributed by atoms with Crippen LogP contribution in [-0.2, 0) is 9.59 Å². The van der Waals surface area contributed by atoms with E-state index >= 15 is 0 Å². The first-order valence-electron chi connectivity index (χ1n) is 6.38. The topological polar surface area (TPSA) is 95.9 Å². The van der Waals surface area contributed by atoms with E-state index < -0.39 is 11.9 Å². The summed E-state index contributed by atoms with van der Waals surface area (Å²) in [5.74, 6) is -1.69. The van der Waals surface area contributed by atoms with Gasteiger partial charge >= 0.3 is 5.97 Å². The van der Waals surface area contributed by atoms with Crippen molar-refractivity contribution in [3.05, 3.63) is 23.8 Å². The van der Waals surface area contributed by atoms with Crippen LogP contribution in [0.25, 0.3) is 0 Å². The predicted molar refractivity (Wildman–Crippen MR) is 74.3 cm³/mol. The Balaban J connectivity index is 2.17. The smallest absolute Gasteiger partial charge is 0.337 e. The van der Waals surface area contributed by atoms with E-state index in [2.05, 4.69) is 5.32 Å². The molecule has 1 heterocycles. The molecular formula is C14H16N2O5. The molecule has 0 aliphatic carbocycles. The quantitative estimate of drug-likeness (QED) is 0.856. The lowest BCUT2D eigenvalue weighted by Gasteiger charge is -2.13. The Morgan fingerprint density at radius 1 is 1.43 bits per heavy atom. The number of amides is 2. The lowest BCUT2D eigenvalue weighted by atomic mass is 10.1. The molecule has 1 aromatic rings. The number of carboxylic acid groups (broad SMARTS) is 1. The molecule has 0 bridgehead atoms. The van der Waals surface area contributed by atoms with Crippen LogP contribution >= 0.6 is 0 Å². The summed E-state index contributed by atoms with van der Waals surface area (Å²) in [5, 5.41) is 11.8. The van der Waals surface area contributed by atoms with Gasteiger partial charge in [-0.25, -0.2) is 4.79 Å². The highest BCUT2D eigenvalue weighted by Gasteiger charge is 2.32. The molecule has 2 N–H and O–H groups in total. The van der Waals surface area contributed by atoms with Gasteiger partial charge in [-0.3, -0.25) is 9.59 Å². The van der Waals surface area contributed by atoms with Gasteiger partial charge in [0.25, 0.3) is 0 Å². The van der Waals surface area contributed by atoms with Crippen molar-refractivity contribution in [2.45, 2.75) is 6.42 Å². The van der Waals surface area contributed by atoms with Crippen LogP contribution in [0.2, 0.25) is 0 Å². The van der Waals surface area contributed by atoms with E-state index in [1.807, 2.05) is 0 Å². The first-order chi connectivity index (χ1) is 9.92. The van der Waals surface area contributed by atoms with Crippen molar-refractivity contribution in [3.8, 4) is 5.75 Å². The van der Waals surface area contributed by atoms with E-state index in [-0.39, 0.29) is 29.5 Å². The molecular weight excluding hydrogens is 276 g/mol. The molecule has 1 fully saturated rings. The number of carbonyl (C=O) groups excluding carboxylic acids is 2. The van der Waals surface area contributed by atoms with Gasteiger partial charge in [0, 0.05) is 20.0 Å². The number of rotatable bonds is 4. The van der Waals surface area contributed by atoms with Gasteiger partial charge < -0.3 is 20.1 Å². The van der Waals surface area contributed by atoms with Crippen molar-refractivity contribution in [1.29, 1.82) is 0 Å². The van der Waals surface area contributed by atoms with Crippen LogP contribution in [0.5, 0.6) is 5.75 Å². The predicted octanol–water partition coefficient (Wildman–Crippen LogP) is 0.810. The summed E-state index contributed by atoms with van der Waals surface area (Å²) in [6.07, 6.45) is 0.140. The molecule has 0 spiro atoms. The Morgan fingerprint density at radius 2 is 2.14 bits per heavy atom. The van der Waals surface area contributed by atoms with Crippen LogP contribution in [0.15, 0.2) is 18.2 Å². The number of benzene rings is 1. The average molecular weight is 292 g/mol. The fraction of sp³-hybridized carbons (Fsp3) is 0.357. The minimum absolute atomic E-state index is 0.0552. The highest BCUT2D eigenvalue weighted by atomic mass is 16.5. The number of nitrogens with zero attached hydrogens (tertiary/aromatic N) is 1. The second-order valence-electron chi connectivity index (χ2n) is 4.88. The third-order valence-electron chi connectivity index (χ3n) is 3.43. The number of aromatic carboxylic acids is 1. The zero-order chi connectivity index (χ0) is 15.6. The highest BCUT2D eigenvalue weighted by Crippen LogP contribution is 2.24. The number of nitrogens with one attached hydrogen (secondary N) is 1. The third kappa shape index (κ3) is 3.13. The maximum absolute atomic E-state index is 12.1. The molecule has 0 saturated carbocycles. The SMILES string of the molecule is COc1ccc(NC(=O)C2CC(=O)N(C)C2)c(C(=O)O)c1. The van der Waals surface area contributed by atoms with Crippen molar-refractivity contribution >= 4 is 23.5 Å².